The standard InChI is InChI=1S/C18H28N2O2/c1-4-22-18-6-5-15(13-16(18)14(2)3)17(21)7-10-20-11-8-19-9-12-20/h5-6,13-14,19H,4,7-12H2,1-3H3. The van der Waals surface area contributed by atoms with Crippen molar-refractivity contribution in [2.75, 3.05) is 39.3 Å². The van der Waals surface area contributed by atoms with Crippen LogP contribution in [0.1, 0.15) is 49.0 Å². The van der Waals surface area contributed by atoms with E-state index in [9.17, 15) is 4.79 Å². The average Bonchev–Trinajstić information content (AvgIpc) is 2.54. The fourth-order valence-corrected chi connectivity index (χ4v) is 2.80. The van der Waals surface area contributed by atoms with Gasteiger partial charge in [-0.2, -0.15) is 0 Å². The molecular weight excluding hydrogens is 276 g/mol. The second kappa shape index (κ2) is 8.30. The number of ketones is 1. The minimum Gasteiger partial charge on any atom is -0.494 e. The van der Waals surface area contributed by atoms with Crippen LogP contribution in [0, 0.1) is 0 Å². The Morgan fingerprint density at radius 3 is 2.68 bits per heavy atom. The van der Waals surface area contributed by atoms with Gasteiger partial charge in [-0.1, -0.05) is 13.8 Å². The molecule has 1 aromatic rings. The number of ether oxygens (including phenoxy) is 1. The van der Waals surface area contributed by atoms with Crippen molar-refractivity contribution in [3.8, 4) is 5.75 Å². The quantitative estimate of drug-likeness (QED) is 0.786. The smallest absolute Gasteiger partial charge is 0.164 e. The molecule has 122 valence electrons. The van der Waals surface area contributed by atoms with E-state index >= 15 is 0 Å². The molecule has 4 heteroatoms. The van der Waals surface area contributed by atoms with Gasteiger partial charge >= 0.3 is 0 Å². The van der Waals surface area contributed by atoms with Crippen LogP contribution in [0.3, 0.4) is 0 Å². The number of Topliss-reactive ketones (excluding diaryl/α,β-unsaturated/α-hetero) is 1. The zero-order valence-corrected chi connectivity index (χ0v) is 14.0. The second-order valence-corrected chi connectivity index (χ2v) is 6.11. The van der Waals surface area contributed by atoms with Crippen molar-refractivity contribution in [2.45, 2.75) is 33.1 Å². The van der Waals surface area contributed by atoms with Crippen LogP contribution in [-0.2, 0) is 0 Å². The van der Waals surface area contributed by atoms with Crippen LogP contribution in [-0.4, -0.2) is 50.0 Å². The summed E-state index contributed by atoms with van der Waals surface area (Å²) in [5.74, 6) is 1.47. The first-order valence-corrected chi connectivity index (χ1v) is 8.34. The summed E-state index contributed by atoms with van der Waals surface area (Å²) in [7, 11) is 0. The third-order valence-electron chi connectivity index (χ3n) is 4.12. The topological polar surface area (TPSA) is 41.6 Å². The summed E-state index contributed by atoms with van der Waals surface area (Å²) in [5.41, 5.74) is 1.93. The van der Waals surface area contributed by atoms with E-state index in [4.69, 9.17) is 4.74 Å². The van der Waals surface area contributed by atoms with Gasteiger partial charge in [-0.3, -0.25) is 4.79 Å². The van der Waals surface area contributed by atoms with Gasteiger partial charge in [-0.15, -0.1) is 0 Å². The Morgan fingerprint density at radius 2 is 2.05 bits per heavy atom. The van der Waals surface area contributed by atoms with Crippen LogP contribution in [0.2, 0.25) is 0 Å². The molecule has 1 aromatic carbocycles. The molecule has 22 heavy (non-hydrogen) atoms. The SMILES string of the molecule is CCOc1ccc(C(=O)CCN2CCNCC2)cc1C(C)C. The number of nitrogens with one attached hydrogen (secondary N) is 1. The predicted octanol–water partition coefficient (Wildman–Crippen LogP) is 2.69. The van der Waals surface area contributed by atoms with Crippen LogP contribution >= 0.6 is 0 Å². The Balaban J connectivity index is 2.00. The molecule has 1 saturated heterocycles. The van der Waals surface area contributed by atoms with Crippen LogP contribution in [0.4, 0.5) is 0 Å². The molecular formula is C18H28N2O2. The Morgan fingerprint density at radius 1 is 1.32 bits per heavy atom. The Labute approximate surface area is 133 Å². The van der Waals surface area contributed by atoms with Crippen molar-refractivity contribution in [2.24, 2.45) is 0 Å². The van der Waals surface area contributed by atoms with Gasteiger partial charge in [0.1, 0.15) is 5.75 Å². The molecule has 0 atom stereocenters. The Bertz CT molecular complexity index is 494. The van der Waals surface area contributed by atoms with Crippen LogP contribution in [0.5, 0.6) is 5.75 Å². The highest BCUT2D eigenvalue weighted by Gasteiger charge is 2.15. The summed E-state index contributed by atoms with van der Waals surface area (Å²) in [6, 6.07) is 5.85. The minimum absolute atomic E-state index is 0.225. The maximum atomic E-state index is 12.4. The Hall–Kier alpha value is -1.39. The maximum Gasteiger partial charge on any atom is 0.164 e. The number of carbonyl (C=O) groups excluding carboxylic acids is 1. The van der Waals surface area contributed by atoms with E-state index in [2.05, 4.69) is 24.1 Å². The van der Waals surface area contributed by atoms with E-state index < -0.39 is 0 Å². The fraction of sp³-hybridized carbons (Fsp3) is 0.611. The van der Waals surface area contributed by atoms with Gasteiger partial charge in [-0.05, 0) is 36.6 Å². The third-order valence-corrected chi connectivity index (χ3v) is 4.12. The molecule has 1 heterocycles. The first kappa shape index (κ1) is 17.0. The van der Waals surface area contributed by atoms with Crippen molar-refractivity contribution in [1.29, 1.82) is 0 Å². The molecule has 1 fully saturated rings. The fourth-order valence-electron chi connectivity index (χ4n) is 2.80. The average molecular weight is 304 g/mol. The first-order chi connectivity index (χ1) is 10.6. The number of nitrogens with zero attached hydrogens (tertiary/aromatic N) is 1. The third kappa shape index (κ3) is 4.55. The van der Waals surface area contributed by atoms with Gasteiger partial charge in [-0.25, -0.2) is 0 Å². The van der Waals surface area contributed by atoms with E-state index in [1.54, 1.807) is 0 Å². The number of benzene rings is 1. The zero-order valence-electron chi connectivity index (χ0n) is 14.0. The number of piperazine rings is 1. The van der Waals surface area contributed by atoms with Gasteiger partial charge in [0, 0.05) is 44.7 Å². The number of carbonyl (C=O) groups is 1. The van der Waals surface area contributed by atoms with Crippen molar-refractivity contribution < 1.29 is 9.53 Å². The molecule has 4 nitrogen and oxygen atoms in total. The molecule has 0 radical (unpaired) electrons. The lowest BCUT2D eigenvalue weighted by atomic mass is 9.97. The number of rotatable bonds is 7. The van der Waals surface area contributed by atoms with E-state index in [0.29, 0.717) is 18.9 Å². The van der Waals surface area contributed by atoms with E-state index in [0.717, 1.165) is 49.6 Å². The normalized spacial score (nSPS) is 16.0. The van der Waals surface area contributed by atoms with E-state index in [1.165, 1.54) is 0 Å². The minimum atomic E-state index is 0.225. The van der Waals surface area contributed by atoms with Crippen molar-refractivity contribution in [3.05, 3.63) is 29.3 Å². The van der Waals surface area contributed by atoms with Gasteiger partial charge in [0.2, 0.25) is 0 Å². The molecule has 0 amide bonds. The first-order valence-electron chi connectivity index (χ1n) is 8.34. The van der Waals surface area contributed by atoms with Gasteiger partial charge in [0.25, 0.3) is 0 Å². The highest BCUT2D eigenvalue weighted by atomic mass is 16.5. The highest BCUT2D eigenvalue weighted by Crippen LogP contribution is 2.28. The summed E-state index contributed by atoms with van der Waals surface area (Å²) in [5, 5.41) is 3.33. The van der Waals surface area contributed by atoms with Gasteiger partial charge < -0.3 is 15.0 Å². The van der Waals surface area contributed by atoms with E-state index in [-0.39, 0.29) is 5.78 Å². The lowest BCUT2D eigenvalue weighted by Crippen LogP contribution is -2.44. The molecule has 0 saturated carbocycles. The van der Waals surface area contributed by atoms with Crippen molar-refractivity contribution >= 4 is 5.78 Å². The van der Waals surface area contributed by atoms with Crippen molar-refractivity contribution in [1.82, 2.24) is 10.2 Å². The Kier molecular flexibility index (Phi) is 6.40. The predicted molar refractivity (Wildman–Crippen MR) is 90.0 cm³/mol. The molecule has 1 aliphatic heterocycles. The molecule has 0 aliphatic carbocycles. The summed E-state index contributed by atoms with van der Waals surface area (Å²) < 4.78 is 5.66. The number of hydrogen-bond acceptors (Lipinski definition) is 4. The van der Waals surface area contributed by atoms with E-state index in [1.807, 2.05) is 25.1 Å². The van der Waals surface area contributed by atoms with Crippen LogP contribution < -0.4 is 10.1 Å². The number of hydrogen-bond donors (Lipinski definition) is 1. The van der Waals surface area contributed by atoms with Gasteiger partial charge in [0.05, 0.1) is 6.61 Å². The zero-order chi connectivity index (χ0) is 15.9. The molecule has 1 aliphatic rings. The summed E-state index contributed by atoms with van der Waals surface area (Å²) >= 11 is 0. The van der Waals surface area contributed by atoms with Gasteiger partial charge in [0.15, 0.2) is 5.78 Å². The highest BCUT2D eigenvalue weighted by molar-refractivity contribution is 5.96. The maximum absolute atomic E-state index is 12.4. The molecule has 0 aromatic heterocycles. The summed E-state index contributed by atoms with van der Waals surface area (Å²) in [6.45, 7) is 11.9. The largest absolute Gasteiger partial charge is 0.494 e. The molecule has 2 rings (SSSR count). The molecule has 0 bridgehead atoms. The van der Waals surface area contributed by atoms with Crippen LogP contribution in [0.25, 0.3) is 0 Å². The van der Waals surface area contributed by atoms with Crippen LogP contribution in [0.15, 0.2) is 18.2 Å². The lowest BCUT2D eigenvalue weighted by molar-refractivity contribution is 0.0960. The van der Waals surface area contributed by atoms with Crippen molar-refractivity contribution in [3.63, 3.8) is 0 Å². The summed E-state index contributed by atoms with van der Waals surface area (Å²) in [6.07, 6.45) is 0.589. The molecule has 1 N–H and O–H groups in total. The monoisotopic (exact) mass is 304 g/mol. The lowest BCUT2D eigenvalue weighted by Gasteiger charge is -2.26. The molecule has 0 spiro atoms. The second-order valence-electron chi connectivity index (χ2n) is 6.11. The summed E-state index contributed by atoms with van der Waals surface area (Å²) in [4.78, 5) is 14.8. The molecule has 0 unspecified atom stereocenters.